The van der Waals surface area contributed by atoms with E-state index in [1.807, 2.05) is 4.90 Å². The molecular weight excluding hydrogens is 392 g/mol. The van der Waals surface area contributed by atoms with E-state index in [4.69, 9.17) is 14.3 Å². The largest absolute Gasteiger partial charge is 0.497 e. The number of anilines is 2. The molecule has 1 N–H and O–H groups in total. The van der Waals surface area contributed by atoms with Gasteiger partial charge in [-0.15, -0.1) is 0 Å². The van der Waals surface area contributed by atoms with Gasteiger partial charge < -0.3 is 24.5 Å². The maximum atomic E-state index is 11.9. The number of nitro benzene ring substituents is 1. The van der Waals surface area contributed by atoms with E-state index in [0.29, 0.717) is 49.0 Å². The highest BCUT2D eigenvalue weighted by Crippen LogP contribution is 2.29. The Hall–Kier alpha value is -3.66. The van der Waals surface area contributed by atoms with Crippen LogP contribution in [0.5, 0.6) is 5.75 Å². The van der Waals surface area contributed by atoms with E-state index >= 15 is 0 Å². The van der Waals surface area contributed by atoms with Crippen molar-refractivity contribution in [3.8, 4) is 5.75 Å². The number of hydrogen-bond acceptors (Lipinski definition) is 8. The summed E-state index contributed by atoms with van der Waals surface area (Å²) < 4.78 is 10.4. The summed E-state index contributed by atoms with van der Waals surface area (Å²) in [5.41, 5.74) is 1.59. The molecule has 1 aliphatic rings. The van der Waals surface area contributed by atoms with Crippen LogP contribution in [-0.4, -0.2) is 57.1 Å². The fraction of sp³-hybridized carbons (Fsp3) is 0.300. The molecule has 2 aromatic carbocycles. The van der Waals surface area contributed by atoms with Gasteiger partial charge in [0.15, 0.2) is 6.61 Å². The third kappa shape index (κ3) is 5.67. The van der Waals surface area contributed by atoms with E-state index in [0.717, 1.165) is 0 Å². The van der Waals surface area contributed by atoms with E-state index < -0.39 is 10.8 Å². The number of nitrogens with zero attached hydrogens (tertiary/aromatic N) is 3. The smallest absolute Gasteiger partial charge is 0.293 e. The van der Waals surface area contributed by atoms with Crippen molar-refractivity contribution in [2.24, 2.45) is 5.16 Å². The zero-order chi connectivity index (χ0) is 21.3. The number of hydrogen-bond donors (Lipinski definition) is 1. The molecule has 158 valence electrons. The lowest BCUT2D eigenvalue weighted by molar-refractivity contribution is -0.384. The molecule has 2 aromatic rings. The minimum absolute atomic E-state index is 0.0170. The third-order valence-electron chi connectivity index (χ3n) is 4.37. The van der Waals surface area contributed by atoms with Crippen LogP contribution in [0, 0.1) is 10.1 Å². The molecule has 1 aliphatic heterocycles. The van der Waals surface area contributed by atoms with Crippen molar-refractivity contribution < 1.29 is 24.0 Å². The van der Waals surface area contributed by atoms with Gasteiger partial charge in [-0.2, -0.15) is 0 Å². The number of morpholine rings is 1. The Morgan fingerprint density at radius 2 is 2.10 bits per heavy atom. The lowest BCUT2D eigenvalue weighted by Gasteiger charge is -2.28. The van der Waals surface area contributed by atoms with Crippen LogP contribution in [0.25, 0.3) is 0 Å². The van der Waals surface area contributed by atoms with Crippen LogP contribution < -0.4 is 15.0 Å². The number of amides is 1. The molecule has 0 bridgehead atoms. The Balaban J connectivity index is 1.57. The lowest BCUT2D eigenvalue weighted by Crippen LogP contribution is -2.36. The van der Waals surface area contributed by atoms with Crippen molar-refractivity contribution in [1.29, 1.82) is 0 Å². The molecule has 0 atom stereocenters. The summed E-state index contributed by atoms with van der Waals surface area (Å²) in [5, 5.41) is 17.9. The Bertz CT molecular complexity index is 927. The fourth-order valence-electron chi connectivity index (χ4n) is 2.93. The molecule has 0 unspecified atom stereocenters. The number of nitrogens with one attached hydrogen (secondary N) is 1. The number of oxime groups is 1. The minimum Gasteiger partial charge on any atom is -0.497 e. The van der Waals surface area contributed by atoms with E-state index in [9.17, 15) is 14.9 Å². The molecule has 1 fully saturated rings. The van der Waals surface area contributed by atoms with Crippen LogP contribution in [0.15, 0.2) is 47.6 Å². The highest BCUT2D eigenvalue weighted by Gasteiger charge is 2.21. The minimum atomic E-state index is -0.426. The summed E-state index contributed by atoms with van der Waals surface area (Å²) in [6.45, 7) is 1.96. The van der Waals surface area contributed by atoms with Gasteiger partial charge >= 0.3 is 0 Å². The Labute approximate surface area is 173 Å². The molecular formula is C20H22N4O6. The molecule has 1 heterocycles. The molecule has 10 heteroatoms. The molecule has 0 saturated carbocycles. The first-order valence-corrected chi connectivity index (χ1v) is 9.27. The average molecular weight is 414 g/mol. The summed E-state index contributed by atoms with van der Waals surface area (Å²) in [6, 6.07) is 11.7. The molecule has 3 rings (SSSR count). The van der Waals surface area contributed by atoms with Gasteiger partial charge in [0.05, 0.1) is 31.5 Å². The predicted molar refractivity (Wildman–Crippen MR) is 111 cm³/mol. The van der Waals surface area contributed by atoms with Gasteiger partial charge in [-0.3, -0.25) is 14.9 Å². The summed E-state index contributed by atoms with van der Waals surface area (Å²) in [5.74, 6) is 0.225. The van der Waals surface area contributed by atoms with Gasteiger partial charge in [-0.1, -0.05) is 17.3 Å². The van der Waals surface area contributed by atoms with Crippen molar-refractivity contribution >= 4 is 29.2 Å². The number of rotatable bonds is 8. The van der Waals surface area contributed by atoms with Crippen LogP contribution >= 0.6 is 0 Å². The third-order valence-corrected chi connectivity index (χ3v) is 4.37. The highest BCUT2D eigenvalue weighted by atomic mass is 16.6. The van der Waals surface area contributed by atoms with Gasteiger partial charge in [0.25, 0.3) is 11.6 Å². The maximum absolute atomic E-state index is 11.9. The standard InChI is InChI=1S/C20H22N4O6/c1-28-17-4-2-3-16(12-17)22-20(25)14-30-21-13-15-5-6-18(19(11-15)24(26)27)23-7-9-29-10-8-23/h2-6,11-13H,7-10,14H2,1H3,(H,22,25)/b21-13-. The second-order valence-electron chi connectivity index (χ2n) is 6.39. The van der Waals surface area contributed by atoms with Crippen LogP contribution in [-0.2, 0) is 14.4 Å². The van der Waals surface area contributed by atoms with E-state index in [1.165, 1.54) is 19.4 Å². The van der Waals surface area contributed by atoms with E-state index in [1.54, 1.807) is 36.4 Å². The van der Waals surface area contributed by atoms with E-state index in [2.05, 4.69) is 10.5 Å². The summed E-state index contributed by atoms with van der Waals surface area (Å²) in [6.07, 6.45) is 1.33. The van der Waals surface area contributed by atoms with Gasteiger partial charge in [-0.05, 0) is 18.2 Å². The average Bonchev–Trinajstić information content (AvgIpc) is 2.77. The second kappa shape index (κ2) is 10.2. The van der Waals surface area contributed by atoms with Crippen LogP contribution in [0.1, 0.15) is 5.56 Å². The lowest BCUT2D eigenvalue weighted by atomic mass is 10.1. The van der Waals surface area contributed by atoms with Gasteiger partial charge in [-0.25, -0.2) is 0 Å². The van der Waals surface area contributed by atoms with Crippen molar-refractivity contribution in [2.45, 2.75) is 0 Å². The van der Waals surface area contributed by atoms with Gasteiger partial charge in [0.2, 0.25) is 0 Å². The molecule has 0 spiro atoms. The molecule has 1 amide bonds. The Kier molecular flexibility index (Phi) is 7.17. The number of benzene rings is 2. The van der Waals surface area contributed by atoms with E-state index in [-0.39, 0.29) is 12.3 Å². The van der Waals surface area contributed by atoms with Crippen LogP contribution in [0.3, 0.4) is 0 Å². The summed E-state index contributed by atoms with van der Waals surface area (Å²) in [7, 11) is 1.54. The number of methoxy groups -OCH3 is 1. The highest BCUT2D eigenvalue weighted by molar-refractivity contribution is 5.92. The second-order valence-corrected chi connectivity index (χ2v) is 6.39. The number of nitro groups is 1. The number of ether oxygens (including phenoxy) is 2. The first kappa shape index (κ1) is 21.1. The molecule has 0 aliphatic carbocycles. The molecule has 0 radical (unpaired) electrons. The maximum Gasteiger partial charge on any atom is 0.293 e. The first-order valence-electron chi connectivity index (χ1n) is 9.27. The SMILES string of the molecule is COc1cccc(NC(=O)CO/N=C\c2ccc(N3CCOCC3)c([N+](=O)[O-])c2)c1. The van der Waals surface area contributed by atoms with Gasteiger partial charge in [0.1, 0.15) is 11.4 Å². The molecule has 1 saturated heterocycles. The topological polar surface area (TPSA) is 116 Å². The van der Waals surface area contributed by atoms with Crippen molar-refractivity contribution in [2.75, 3.05) is 50.2 Å². The zero-order valence-corrected chi connectivity index (χ0v) is 16.4. The predicted octanol–water partition coefficient (Wildman–Crippen LogP) is 2.43. The first-order chi connectivity index (χ1) is 14.6. The monoisotopic (exact) mass is 414 g/mol. The zero-order valence-electron chi connectivity index (χ0n) is 16.4. The van der Waals surface area contributed by atoms with Crippen LogP contribution in [0.4, 0.5) is 17.1 Å². The normalized spacial score (nSPS) is 13.8. The number of carbonyl (C=O) groups is 1. The molecule has 10 nitrogen and oxygen atoms in total. The quantitative estimate of drug-likeness (QED) is 0.401. The summed E-state index contributed by atoms with van der Waals surface area (Å²) in [4.78, 5) is 29.9. The van der Waals surface area contributed by atoms with Crippen LogP contribution in [0.2, 0.25) is 0 Å². The van der Waals surface area contributed by atoms with Crippen molar-refractivity contribution in [1.82, 2.24) is 0 Å². The van der Waals surface area contributed by atoms with Gasteiger partial charge in [0, 0.05) is 36.5 Å². The Morgan fingerprint density at radius 3 is 2.83 bits per heavy atom. The Morgan fingerprint density at radius 1 is 1.30 bits per heavy atom. The summed E-state index contributed by atoms with van der Waals surface area (Å²) >= 11 is 0. The van der Waals surface area contributed by atoms with Crippen molar-refractivity contribution in [3.63, 3.8) is 0 Å². The molecule has 0 aromatic heterocycles. The number of carbonyl (C=O) groups excluding carboxylic acids is 1. The molecule has 30 heavy (non-hydrogen) atoms. The fourth-order valence-corrected chi connectivity index (χ4v) is 2.93. The van der Waals surface area contributed by atoms with Crippen molar-refractivity contribution in [3.05, 3.63) is 58.1 Å².